The lowest BCUT2D eigenvalue weighted by Crippen LogP contribution is -2.30. The zero-order valence-corrected chi connectivity index (χ0v) is 10.5. The number of para-hydroxylation sites is 1. The van der Waals surface area contributed by atoms with Gasteiger partial charge in [-0.05, 0) is 18.6 Å². The molecule has 2 rings (SSSR count). The quantitative estimate of drug-likeness (QED) is 0.817. The monoisotopic (exact) mass is 246 g/mol. The van der Waals surface area contributed by atoms with E-state index >= 15 is 0 Å². The molecule has 18 heavy (non-hydrogen) atoms. The highest BCUT2D eigenvalue weighted by atomic mass is 16.5. The maximum Gasteiger partial charge on any atom is 0.246 e. The van der Waals surface area contributed by atoms with Crippen molar-refractivity contribution in [2.24, 2.45) is 5.73 Å². The number of methoxy groups -OCH3 is 1. The summed E-state index contributed by atoms with van der Waals surface area (Å²) >= 11 is 0. The van der Waals surface area contributed by atoms with Gasteiger partial charge in [0.2, 0.25) is 5.91 Å². The molecule has 1 aliphatic heterocycles. The Morgan fingerprint density at radius 3 is 2.94 bits per heavy atom. The highest BCUT2D eigenvalue weighted by Crippen LogP contribution is 2.19. The van der Waals surface area contributed by atoms with Crippen LogP contribution in [0.4, 0.5) is 0 Å². The molecular weight excluding hydrogens is 228 g/mol. The maximum absolute atomic E-state index is 11.9. The minimum absolute atomic E-state index is 0.00820. The molecule has 1 unspecified atom stereocenters. The average Bonchev–Trinajstić information content (AvgIpc) is 2.83. The fourth-order valence-electron chi connectivity index (χ4n) is 2.06. The van der Waals surface area contributed by atoms with Crippen molar-refractivity contribution in [3.05, 3.63) is 35.9 Å². The van der Waals surface area contributed by atoms with Crippen molar-refractivity contribution in [1.29, 1.82) is 0 Å². The summed E-state index contributed by atoms with van der Waals surface area (Å²) in [6, 6.07) is 7.72. The Bertz CT molecular complexity index is 457. The molecular formula is C14H18N2O2. The Kier molecular flexibility index (Phi) is 3.99. The Balaban J connectivity index is 2.04. The molecule has 1 heterocycles. The summed E-state index contributed by atoms with van der Waals surface area (Å²) < 4.78 is 5.22. The lowest BCUT2D eigenvalue weighted by atomic mass is 10.2. The van der Waals surface area contributed by atoms with E-state index in [1.807, 2.05) is 24.3 Å². The topological polar surface area (TPSA) is 55.6 Å². The Morgan fingerprint density at radius 1 is 1.50 bits per heavy atom. The van der Waals surface area contributed by atoms with Crippen molar-refractivity contribution in [2.75, 3.05) is 20.2 Å². The highest BCUT2D eigenvalue weighted by molar-refractivity contribution is 5.92. The van der Waals surface area contributed by atoms with E-state index in [0.29, 0.717) is 6.54 Å². The zero-order chi connectivity index (χ0) is 13.0. The molecule has 1 atom stereocenters. The highest BCUT2D eigenvalue weighted by Gasteiger charge is 2.21. The summed E-state index contributed by atoms with van der Waals surface area (Å²) in [6.07, 6.45) is 4.25. The molecule has 0 radical (unpaired) electrons. The van der Waals surface area contributed by atoms with Gasteiger partial charge in [-0.1, -0.05) is 18.2 Å². The lowest BCUT2D eigenvalue weighted by molar-refractivity contribution is -0.124. The van der Waals surface area contributed by atoms with Gasteiger partial charge >= 0.3 is 0 Å². The number of rotatable bonds is 3. The second-order valence-corrected chi connectivity index (χ2v) is 4.41. The smallest absolute Gasteiger partial charge is 0.246 e. The van der Waals surface area contributed by atoms with Crippen LogP contribution in [-0.2, 0) is 4.79 Å². The van der Waals surface area contributed by atoms with E-state index < -0.39 is 0 Å². The second kappa shape index (κ2) is 5.69. The van der Waals surface area contributed by atoms with Gasteiger partial charge in [0.15, 0.2) is 0 Å². The van der Waals surface area contributed by atoms with Gasteiger partial charge in [0.05, 0.1) is 7.11 Å². The fraction of sp³-hybridized carbons (Fsp3) is 0.357. The van der Waals surface area contributed by atoms with Crippen LogP contribution in [0.15, 0.2) is 30.3 Å². The summed E-state index contributed by atoms with van der Waals surface area (Å²) in [6.45, 7) is 1.39. The number of likely N-dealkylation sites (tertiary alicyclic amines) is 1. The van der Waals surface area contributed by atoms with Crippen LogP contribution in [0.5, 0.6) is 5.75 Å². The summed E-state index contributed by atoms with van der Waals surface area (Å²) in [5.41, 5.74) is 6.68. The molecule has 0 bridgehead atoms. The Labute approximate surface area is 107 Å². The van der Waals surface area contributed by atoms with Crippen LogP contribution in [0.2, 0.25) is 0 Å². The van der Waals surface area contributed by atoms with Crippen LogP contribution in [0.3, 0.4) is 0 Å². The first-order valence-electron chi connectivity index (χ1n) is 6.06. The molecule has 0 saturated carbocycles. The number of benzene rings is 1. The van der Waals surface area contributed by atoms with E-state index in [1.54, 1.807) is 24.2 Å². The number of carbonyl (C=O) groups is 1. The summed E-state index contributed by atoms with van der Waals surface area (Å²) in [5.74, 6) is 0.772. The van der Waals surface area contributed by atoms with Gasteiger partial charge in [0, 0.05) is 30.8 Å². The molecule has 1 aromatic rings. The van der Waals surface area contributed by atoms with E-state index in [1.165, 1.54) is 0 Å². The zero-order valence-electron chi connectivity index (χ0n) is 10.5. The first kappa shape index (κ1) is 12.6. The van der Waals surface area contributed by atoms with E-state index in [4.69, 9.17) is 10.5 Å². The summed E-state index contributed by atoms with van der Waals surface area (Å²) in [5, 5.41) is 0. The van der Waals surface area contributed by atoms with Gasteiger partial charge in [0.1, 0.15) is 5.75 Å². The molecule has 2 N–H and O–H groups in total. The molecule has 1 saturated heterocycles. The van der Waals surface area contributed by atoms with E-state index in [-0.39, 0.29) is 11.9 Å². The Morgan fingerprint density at radius 2 is 2.28 bits per heavy atom. The van der Waals surface area contributed by atoms with Crippen LogP contribution in [0.1, 0.15) is 12.0 Å². The predicted octanol–water partition coefficient (Wildman–Crippen LogP) is 1.27. The second-order valence-electron chi connectivity index (χ2n) is 4.41. The molecule has 1 fully saturated rings. The molecule has 4 nitrogen and oxygen atoms in total. The molecule has 0 aliphatic carbocycles. The van der Waals surface area contributed by atoms with Crippen LogP contribution < -0.4 is 10.5 Å². The van der Waals surface area contributed by atoms with Crippen molar-refractivity contribution in [3.63, 3.8) is 0 Å². The number of hydrogen-bond acceptors (Lipinski definition) is 3. The van der Waals surface area contributed by atoms with Gasteiger partial charge in [-0.3, -0.25) is 4.79 Å². The van der Waals surface area contributed by atoms with Crippen molar-refractivity contribution < 1.29 is 9.53 Å². The van der Waals surface area contributed by atoms with Crippen molar-refractivity contribution >= 4 is 12.0 Å². The van der Waals surface area contributed by atoms with Crippen LogP contribution in [0.25, 0.3) is 6.08 Å². The van der Waals surface area contributed by atoms with Crippen LogP contribution in [0, 0.1) is 0 Å². The minimum atomic E-state index is 0.00820. The third kappa shape index (κ3) is 2.90. The fourth-order valence-corrected chi connectivity index (χ4v) is 2.06. The molecule has 0 spiro atoms. The molecule has 0 aromatic heterocycles. The molecule has 1 aromatic carbocycles. The van der Waals surface area contributed by atoms with Gasteiger partial charge in [-0.25, -0.2) is 0 Å². The first-order chi connectivity index (χ1) is 8.70. The largest absolute Gasteiger partial charge is 0.496 e. The predicted molar refractivity (Wildman–Crippen MR) is 71.2 cm³/mol. The van der Waals surface area contributed by atoms with E-state index in [2.05, 4.69) is 0 Å². The SMILES string of the molecule is COc1ccccc1/C=C/C(=O)N1CCC(N)C1. The van der Waals surface area contributed by atoms with Crippen molar-refractivity contribution in [1.82, 2.24) is 4.90 Å². The van der Waals surface area contributed by atoms with Gasteiger partial charge in [-0.15, -0.1) is 0 Å². The number of nitrogens with zero attached hydrogens (tertiary/aromatic N) is 1. The van der Waals surface area contributed by atoms with Crippen LogP contribution >= 0.6 is 0 Å². The lowest BCUT2D eigenvalue weighted by Gasteiger charge is -2.12. The van der Waals surface area contributed by atoms with Crippen LogP contribution in [-0.4, -0.2) is 37.0 Å². The summed E-state index contributed by atoms with van der Waals surface area (Å²) in [4.78, 5) is 13.7. The number of carbonyl (C=O) groups excluding carboxylic acids is 1. The third-order valence-corrected chi connectivity index (χ3v) is 3.08. The van der Waals surface area contributed by atoms with Gasteiger partial charge in [-0.2, -0.15) is 0 Å². The normalized spacial score (nSPS) is 19.4. The van der Waals surface area contributed by atoms with E-state index in [0.717, 1.165) is 24.3 Å². The molecule has 4 heteroatoms. The molecule has 96 valence electrons. The third-order valence-electron chi connectivity index (χ3n) is 3.08. The number of ether oxygens (including phenoxy) is 1. The van der Waals surface area contributed by atoms with Gasteiger partial charge in [0.25, 0.3) is 0 Å². The molecule has 1 aliphatic rings. The van der Waals surface area contributed by atoms with Gasteiger partial charge < -0.3 is 15.4 Å². The summed E-state index contributed by atoms with van der Waals surface area (Å²) in [7, 11) is 1.62. The molecule has 1 amide bonds. The standard InChI is InChI=1S/C14H18N2O2/c1-18-13-5-3-2-4-11(13)6-7-14(17)16-9-8-12(15)10-16/h2-7,12H,8-10,15H2,1H3/b7-6+. The number of amides is 1. The van der Waals surface area contributed by atoms with Crippen molar-refractivity contribution in [2.45, 2.75) is 12.5 Å². The average molecular weight is 246 g/mol. The number of hydrogen-bond donors (Lipinski definition) is 1. The minimum Gasteiger partial charge on any atom is -0.496 e. The number of nitrogens with two attached hydrogens (primary N) is 1. The van der Waals surface area contributed by atoms with E-state index in [9.17, 15) is 4.79 Å². The Hall–Kier alpha value is -1.81. The first-order valence-corrected chi connectivity index (χ1v) is 6.06. The van der Waals surface area contributed by atoms with Crippen molar-refractivity contribution in [3.8, 4) is 5.75 Å². The maximum atomic E-state index is 11.9.